The van der Waals surface area contributed by atoms with Crippen molar-refractivity contribution in [3.05, 3.63) is 81.1 Å². The lowest BCUT2D eigenvalue weighted by Gasteiger charge is -2.33. The number of halogens is 2. The molecule has 4 N–H and O–H groups in total. The van der Waals surface area contributed by atoms with Gasteiger partial charge in [-0.15, -0.1) is 11.3 Å². The SMILES string of the molecule is CN(C)CC=CC(=O)N1CCN(c2ccc(CCC(=O)NCCOCCO/C=C/C(=O)NCCn3ccc(-c4cc(Cl)c(Cl)c5[nH]c6c(c45)CN(C(=O)CO)CC6)n3)s2)C(=O)C1. The van der Waals surface area contributed by atoms with Gasteiger partial charge in [0.15, 0.2) is 0 Å². The molecule has 3 aromatic heterocycles. The van der Waals surface area contributed by atoms with Crippen LogP contribution in [0.5, 0.6) is 0 Å². The van der Waals surface area contributed by atoms with Gasteiger partial charge in [-0.3, -0.25) is 28.7 Å². The van der Waals surface area contributed by atoms with Crippen molar-refractivity contribution in [2.45, 2.75) is 32.4 Å². The number of nitrogens with zero attached hydrogens (tertiary/aromatic N) is 6. The number of rotatable bonds is 20. The van der Waals surface area contributed by atoms with Crippen molar-refractivity contribution < 1.29 is 38.6 Å². The number of hydrogen-bond acceptors (Lipinski definition) is 11. The summed E-state index contributed by atoms with van der Waals surface area (Å²) in [6.45, 7) is 3.64. The third-order valence-corrected chi connectivity index (χ3v) is 12.1. The number of fused-ring (bicyclic) bond motifs is 3. The predicted molar refractivity (Wildman–Crippen MR) is 237 cm³/mol. The van der Waals surface area contributed by atoms with Gasteiger partial charge in [0, 0.05) is 104 Å². The fourth-order valence-electron chi connectivity index (χ4n) is 7.02. The number of H-pyrrole nitrogens is 1. The van der Waals surface area contributed by atoms with E-state index >= 15 is 0 Å². The number of hydrogen-bond donors (Lipinski definition) is 4. The Labute approximate surface area is 373 Å². The van der Waals surface area contributed by atoms with E-state index in [1.54, 1.807) is 37.7 Å². The summed E-state index contributed by atoms with van der Waals surface area (Å²) in [5.74, 6) is -1.09. The van der Waals surface area contributed by atoms with Crippen LogP contribution in [0.15, 0.2) is 55.0 Å². The second kappa shape index (κ2) is 22.2. The second-order valence-electron chi connectivity index (χ2n) is 14.9. The summed E-state index contributed by atoms with van der Waals surface area (Å²) < 4.78 is 12.6. The molecule has 0 radical (unpaired) electrons. The van der Waals surface area contributed by atoms with Crippen LogP contribution in [0.3, 0.4) is 0 Å². The first kappa shape index (κ1) is 46.3. The van der Waals surface area contributed by atoms with Gasteiger partial charge in [0.25, 0.3) is 0 Å². The van der Waals surface area contributed by atoms with Crippen LogP contribution in [0.1, 0.15) is 22.6 Å². The smallest absolute Gasteiger partial charge is 0.248 e. The number of ether oxygens (including phenoxy) is 2. The minimum Gasteiger partial charge on any atom is -0.499 e. The Morgan fingerprint density at radius 3 is 2.65 bits per heavy atom. The number of aromatic amines is 1. The summed E-state index contributed by atoms with van der Waals surface area (Å²) >= 11 is 14.6. The van der Waals surface area contributed by atoms with Crippen molar-refractivity contribution in [2.75, 3.05) is 91.2 Å². The van der Waals surface area contributed by atoms with Crippen molar-refractivity contribution in [3.63, 3.8) is 0 Å². The minimum absolute atomic E-state index is 0.0333. The molecule has 332 valence electrons. The maximum atomic E-state index is 12.8. The molecular weight excluding hydrogens is 861 g/mol. The first-order valence-corrected chi connectivity index (χ1v) is 21.8. The van der Waals surface area contributed by atoms with E-state index in [9.17, 15) is 29.1 Å². The minimum atomic E-state index is -0.558. The monoisotopic (exact) mass is 911 g/mol. The molecule has 5 amide bonds. The molecule has 0 bridgehead atoms. The molecule has 2 aliphatic rings. The number of carbonyl (C=O) groups excluding carboxylic acids is 5. The number of aliphatic hydroxyl groups is 1. The summed E-state index contributed by atoms with van der Waals surface area (Å²) in [5, 5.41) is 22.1. The Morgan fingerprint density at radius 1 is 1.02 bits per heavy atom. The molecule has 0 atom stereocenters. The average Bonchev–Trinajstić information content (AvgIpc) is 4.02. The molecule has 17 nitrogen and oxygen atoms in total. The van der Waals surface area contributed by atoms with Crippen LogP contribution < -0.4 is 15.5 Å². The molecule has 2 aliphatic heterocycles. The van der Waals surface area contributed by atoms with E-state index in [1.165, 1.54) is 29.8 Å². The van der Waals surface area contributed by atoms with E-state index in [4.69, 9.17) is 37.8 Å². The van der Waals surface area contributed by atoms with Crippen molar-refractivity contribution in [1.29, 1.82) is 0 Å². The van der Waals surface area contributed by atoms with Crippen LogP contribution in [-0.2, 0) is 59.4 Å². The highest BCUT2D eigenvalue weighted by molar-refractivity contribution is 7.16. The standard InChI is InChI=1S/C42H51Cl2N9O8S/c1-49(2)14-3-4-36(57)51-18-19-53(37(58)26-51)39-8-6-28(62-39)5-7-34(55)46-13-21-61-23-22-60-20-11-35(56)45-12-17-52-16-10-33(48-52)29-24-31(43)41(44)42-40(29)30-25-50(38(59)27-54)15-9-32(30)47-42/h3-4,6,8,10-11,16,20,24,47,54H,5,7,9,12-15,17-19,21-23,25-27H2,1-2H3,(H,45,56)(H,46,55)/b4-3?,20-11+. The maximum Gasteiger partial charge on any atom is 0.248 e. The fraction of sp³-hybridized carbons (Fsp3) is 0.429. The highest BCUT2D eigenvalue weighted by Crippen LogP contribution is 2.42. The Morgan fingerprint density at radius 2 is 1.85 bits per heavy atom. The Hall–Kier alpha value is -5.24. The van der Waals surface area contributed by atoms with Crippen LogP contribution in [-0.4, -0.2) is 150 Å². The number of nitrogens with one attached hydrogen (secondary N) is 3. The number of carbonyl (C=O) groups is 5. The molecule has 6 rings (SSSR count). The summed E-state index contributed by atoms with van der Waals surface area (Å²) in [6, 6.07) is 7.42. The van der Waals surface area contributed by atoms with Crippen LogP contribution in [0, 0.1) is 0 Å². The third kappa shape index (κ3) is 12.2. The molecule has 4 aromatic rings. The summed E-state index contributed by atoms with van der Waals surface area (Å²) in [5.41, 5.74) is 3.95. The number of thiophene rings is 1. The lowest BCUT2D eigenvalue weighted by molar-refractivity contribution is -0.135. The molecule has 20 heteroatoms. The Kier molecular flexibility index (Phi) is 16.6. The number of benzene rings is 1. The topological polar surface area (TPSA) is 195 Å². The summed E-state index contributed by atoms with van der Waals surface area (Å²) in [6.07, 6.45) is 9.10. The molecule has 1 saturated heterocycles. The zero-order chi connectivity index (χ0) is 44.2. The number of piperazine rings is 1. The maximum absolute atomic E-state index is 12.8. The van der Waals surface area contributed by atoms with Crippen LogP contribution in [0.4, 0.5) is 5.00 Å². The van der Waals surface area contributed by atoms with Gasteiger partial charge < -0.3 is 49.8 Å². The number of amides is 5. The van der Waals surface area contributed by atoms with E-state index in [1.807, 2.05) is 37.2 Å². The van der Waals surface area contributed by atoms with Crippen molar-refractivity contribution in [3.8, 4) is 11.3 Å². The van der Waals surface area contributed by atoms with Gasteiger partial charge in [-0.1, -0.05) is 29.3 Å². The third-order valence-electron chi connectivity index (χ3n) is 10.2. The predicted octanol–water partition coefficient (Wildman–Crippen LogP) is 2.98. The molecule has 0 spiro atoms. The lowest BCUT2D eigenvalue weighted by atomic mass is 9.99. The largest absolute Gasteiger partial charge is 0.499 e. The van der Waals surface area contributed by atoms with Gasteiger partial charge >= 0.3 is 0 Å². The highest BCUT2D eigenvalue weighted by atomic mass is 35.5. The highest BCUT2D eigenvalue weighted by Gasteiger charge is 2.29. The van der Waals surface area contributed by atoms with Gasteiger partial charge in [-0.25, -0.2) is 0 Å². The fourth-order valence-corrected chi connectivity index (χ4v) is 8.47. The number of aliphatic hydroxyl groups excluding tert-OH is 1. The Balaban J connectivity index is 0.825. The zero-order valence-corrected chi connectivity index (χ0v) is 37.0. The van der Waals surface area contributed by atoms with Crippen molar-refractivity contribution in [2.24, 2.45) is 0 Å². The van der Waals surface area contributed by atoms with E-state index in [-0.39, 0.29) is 49.3 Å². The van der Waals surface area contributed by atoms with Crippen LogP contribution >= 0.6 is 34.5 Å². The number of aryl methyl sites for hydroxylation is 1. The Bertz CT molecular complexity index is 2300. The normalized spacial score (nSPS) is 14.4. The first-order chi connectivity index (χ1) is 29.9. The zero-order valence-electron chi connectivity index (χ0n) is 34.7. The van der Waals surface area contributed by atoms with Gasteiger partial charge in [0.1, 0.15) is 19.8 Å². The van der Waals surface area contributed by atoms with Crippen molar-refractivity contribution >= 4 is 80.0 Å². The quantitative estimate of drug-likeness (QED) is 0.0582. The number of aromatic nitrogens is 3. The van der Waals surface area contributed by atoms with Gasteiger partial charge in [0.2, 0.25) is 29.5 Å². The van der Waals surface area contributed by atoms with E-state index < -0.39 is 6.61 Å². The van der Waals surface area contributed by atoms with E-state index in [0.717, 1.165) is 32.1 Å². The average molecular weight is 913 g/mol. The van der Waals surface area contributed by atoms with Gasteiger partial charge in [-0.2, -0.15) is 5.10 Å². The number of anilines is 1. The summed E-state index contributed by atoms with van der Waals surface area (Å²) in [4.78, 5) is 73.4. The molecule has 5 heterocycles. The molecule has 0 unspecified atom stereocenters. The molecule has 1 fully saturated rings. The van der Waals surface area contributed by atoms with Crippen LogP contribution in [0.25, 0.3) is 22.2 Å². The summed E-state index contributed by atoms with van der Waals surface area (Å²) in [7, 11) is 3.84. The molecular formula is C42H51Cl2N9O8S. The van der Waals surface area contributed by atoms with E-state index in [2.05, 4.69) is 15.6 Å². The van der Waals surface area contributed by atoms with Gasteiger partial charge in [-0.05, 0) is 44.8 Å². The van der Waals surface area contributed by atoms with E-state index in [0.29, 0.717) is 99.5 Å². The molecule has 0 aliphatic carbocycles. The van der Waals surface area contributed by atoms with Crippen LogP contribution in [0.2, 0.25) is 10.0 Å². The van der Waals surface area contributed by atoms with Gasteiger partial charge in [0.05, 0.1) is 52.3 Å². The molecule has 1 aromatic carbocycles. The molecule has 62 heavy (non-hydrogen) atoms. The lowest BCUT2D eigenvalue weighted by Crippen LogP contribution is -2.51. The molecule has 0 saturated carbocycles. The van der Waals surface area contributed by atoms with Crippen molar-refractivity contribution in [1.82, 2.24) is 40.1 Å². The second-order valence-corrected chi connectivity index (χ2v) is 16.8. The first-order valence-electron chi connectivity index (χ1n) is 20.2. The number of likely N-dealkylation sites (N-methyl/N-ethyl adjacent to an activating group) is 1.